The van der Waals surface area contributed by atoms with Crippen molar-refractivity contribution in [3.05, 3.63) is 0 Å². The number of hydrogen-bond donors (Lipinski definition) is 0. The lowest BCUT2D eigenvalue weighted by molar-refractivity contribution is -0.143. The van der Waals surface area contributed by atoms with E-state index in [1.807, 2.05) is 14.1 Å². The Labute approximate surface area is 229 Å². The predicted octanol–water partition coefficient (Wildman–Crippen LogP) is 8.84. The van der Waals surface area contributed by atoms with Crippen LogP contribution in [0.3, 0.4) is 0 Å². The highest BCUT2D eigenvalue weighted by molar-refractivity contribution is 5.69. The lowest BCUT2D eigenvalue weighted by atomic mass is 10.0. The van der Waals surface area contributed by atoms with Crippen LogP contribution in [0.5, 0.6) is 0 Å². The molecule has 0 spiro atoms. The van der Waals surface area contributed by atoms with Gasteiger partial charge in [0, 0.05) is 13.0 Å². The van der Waals surface area contributed by atoms with Gasteiger partial charge in [-0.2, -0.15) is 0 Å². The van der Waals surface area contributed by atoms with Gasteiger partial charge in [-0.05, 0) is 59.0 Å². The van der Waals surface area contributed by atoms with E-state index in [1.165, 1.54) is 51.4 Å². The quantitative estimate of drug-likeness (QED) is 0.0785. The van der Waals surface area contributed by atoms with Gasteiger partial charge in [-0.3, -0.25) is 4.79 Å². The highest BCUT2D eigenvalue weighted by Crippen LogP contribution is 2.18. The highest BCUT2D eigenvalue weighted by Gasteiger charge is 2.15. The van der Waals surface area contributed by atoms with Crippen molar-refractivity contribution in [1.82, 2.24) is 4.90 Å². The molecule has 0 aliphatic carbocycles. The maximum atomic E-state index is 12.2. The van der Waals surface area contributed by atoms with Crippen LogP contribution in [0, 0.1) is 0 Å². The average Bonchev–Trinajstić information content (AvgIpc) is 2.87. The van der Waals surface area contributed by atoms with Crippen LogP contribution >= 0.6 is 0 Å². The molecular weight excluding hydrogens is 466 g/mol. The Morgan fingerprint density at radius 2 is 1.08 bits per heavy atom. The molecule has 0 bridgehead atoms. The Bertz CT molecular complexity index is 512. The molecule has 0 aromatic carbocycles. The summed E-state index contributed by atoms with van der Waals surface area (Å²) >= 11 is 0. The Hall–Kier alpha value is -1.30. The summed E-state index contributed by atoms with van der Waals surface area (Å²) in [7, 11) is 4.03. The normalized spacial score (nSPS) is 12.0. The van der Waals surface area contributed by atoms with Crippen LogP contribution in [0.25, 0.3) is 0 Å². The molecule has 6 nitrogen and oxygen atoms in total. The second-order valence-electron chi connectivity index (χ2n) is 10.8. The molecule has 1 atom stereocenters. The Balaban J connectivity index is 4.02. The first kappa shape index (κ1) is 35.7. The Kier molecular flexibility index (Phi) is 26.8. The molecule has 6 heteroatoms. The monoisotopic (exact) mass is 527 g/mol. The molecule has 0 unspecified atom stereocenters. The lowest BCUT2D eigenvalue weighted by Crippen LogP contribution is -2.21. The number of rotatable bonds is 27. The van der Waals surface area contributed by atoms with Crippen molar-refractivity contribution >= 4 is 12.1 Å². The van der Waals surface area contributed by atoms with Crippen molar-refractivity contribution in [2.75, 3.05) is 33.9 Å². The van der Waals surface area contributed by atoms with Gasteiger partial charge >= 0.3 is 12.1 Å². The van der Waals surface area contributed by atoms with Crippen molar-refractivity contribution in [1.29, 1.82) is 0 Å². The summed E-state index contributed by atoms with van der Waals surface area (Å²) in [5, 5.41) is 0. The molecule has 0 radical (unpaired) electrons. The molecular formula is C31H61NO5. The van der Waals surface area contributed by atoms with Gasteiger partial charge in [-0.15, -0.1) is 0 Å². The first-order valence-corrected chi connectivity index (χ1v) is 15.6. The summed E-state index contributed by atoms with van der Waals surface area (Å²) in [5.74, 6) is -0.0489. The number of carbonyl (C=O) groups excluding carboxylic acids is 2. The van der Waals surface area contributed by atoms with E-state index in [9.17, 15) is 9.59 Å². The summed E-state index contributed by atoms with van der Waals surface area (Å²) in [6.45, 7) is 6.25. The van der Waals surface area contributed by atoms with Gasteiger partial charge in [0.15, 0.2) is 0 Å². The van der Waals surface area contributed by atoms with E-state index in [0.717, 1.165) is 83.6 Å². The van der Waals surface area contributed by atoms with Crippen LogP contribution in [0.2, 0.25) is 0 Å². The maximum Gasteiger partial charge on any atom is 0.508 e. The third-order valence-electron chi connectivity index (χ3n) is 6.78. The molecule has 37 heavy (non-hydrogen) atoms. The zero-order chi connectivity index (χ0) is 27.4. The molecule has 0 aromatic heterocycles. The van der Waals surface area contributed by atoms with E-state index in [4.69, 9.17) is 14.2 Å². The van der Waals surface area contributed by atoms with Crippen molar-refractivity contribution in [2.24, 2.45) is 0 Å². The van der Waals surface area contributed by atoms with Crippen LogP contribution in [0.4, 0.5) is 4.79 Å². The molecule has 0 aromatic rings. The summed E-state index contributed by atoms with van der Waals surface area (Å²) in [5.41, 5.74) is 0. The van der Waals surface area contributed by atoms with Crippen molar-refractivity contribution < 1.29 is 23.8 Å². The van der Waals surface area contributed by atoms with Crippen LogP contribution in [-0.2, 0) is 19.0 Å². The van der Waals surface area contributed by atoms with E-state index in [1.54, 1.807) is 0 Å². The largest absolute Gasteiger partial charge is 0.508 e. The fraction of sp³-hybridized carbons (Fsp3) is 0.935. The van der Waals surface area contributed by atoms with Gasteiger partial charge < -0.3 is 19.1 Å². The van der Waals surface area contributed by atoms with Crippen LogP contribution in [-0.4, -0.2) is 57.0 Å². The number of unbranched alkanes of at least 4 members (excludes halogenated alkanes) is 14. The zero-order valence-corrected chi connectivity index (χ0v) is 25.0. The third-order valence-corrected chi connectivity index (χ3v) is 6.78. The molecule has 0 N–H and O–H groups in total. The van der Waals surface area contributed by atoms with E-state index < -0.39 is 6.16 Å². The molecule has 0 rings (SSSR count). The van der Waals surface area contributed by atoms with E-state index in [-0.39, 0.29) is 12.1 Å². The molecule has 0 saturated carbocycles. The molecule has 0 heterocycles. The van der Waals surface area contributed by atoms with Crippen LogP contribution < -0.4 is 0 Å². The predicted molar refractivity (Wildman–Crippen MR) is 154 cm³/mol. The van der Waals surface area contributed by atoms with E-state index >= 15 is 0 Å². The standard InChI is InChI=1S/C31H61NO5/c1-5-7-9-10-11-12-15-19-23-29(37-31(34)36-28-22-26-32(3)4)24-20-16-13-14-17-21-27-35-30(33)25-18-8-6-2/h29H,5-28H2,1-4H3/t29-/m0/s1. The first-order valence-electron chi connectivity index (χ1n) is 15.6. The van der Waals surface area contributed by atoms with Crippen molar-refractivity contribution in [3.63, 3.8) is 0 Å². The SMILES string of the molecule is CCCCCCCCCC[C@@H](CCCCCCCCOC(=O)CCCCC)OC(=O)OCCCN(C)C. The van der Waals surface area contributed by atoms with Crippen LogP contribution in [0.15, 0.2) is 0 Å². The Morgan fingerprint density at radius 1 is 0.595 bits per heavy atom. The van der Waals surface area contributed by atoms with E-state index in [0.29, 0.717) is 19.6 Å². The number of esters is 1. The first-order chi connectivity index (χ1) is 18.0. The minimum atomic E-state index is -0.507. The average molecular weight is 528 g/mol. The van der Waals surface area contributed by atoms with Gasteiger partial charge in [0.1, 0.15) is 6.10 Å². The minimum absolute atomic E-state index is 0.0337. The smallest absolute Gasteiger partial charge is 0.466 e. The fourth-order valence-corrected chi connectivity index (χ4v) is 4.43. The summed E-state index contributed by atoms with van der Waals surface area (Å²) in [6.07, 6.45) is 22.7. The zero-order valence-electron chi connectivity index (χ0n) is 25.0. The number of carbonyl (C=O) groups is 2. The number of hydrogen-bond acceptors (Lipinski definition) is 6. The number of ether oxygens (including phenoxy) is 3. The van der Waals surface area contributed by atoms with Gasteiger partial charge in [0.2, 0.25) is 0 Å². The van der Waals surface area contributed by atoms with Gasteiger partial charge in [0.25, 0.3) is 0 Å². The maximum absolute atomic E-state index is 12.2. The third kappa shape index (κ3) is 27.5. The second kappa shape index (κ2) is 27.7. The molecule has 220 valence electrons. The summed E-state index contributed by atoms with van der Waals surface area (Å²) in [4.78, 5) is 25.9. The topological polar surface area (TPSA) is 65.1 Å². The van der Waals surface area contributed by atoms with Gasteiger partial charge in [-0.25, -0.2) is 4.79 Å². The molecule has 0 saturated heterocycles. The van der Waals surface area contributed by atoms with Gasteiger partial charge in [-0.1, -0.05) is 97.3 Å². The van der Waals surface area contributed by atoms with Crippen molar-refractivity contribution in [3.8, 4) is 0 Å². The molecule has 0 fully saturated rings. The highest BCUT2D eigenvalue weighted by atomic mass is 16.7. The molecule has 0 aliphatic rings. The molecule has 0 amide bonds. The second-order valence-corrected chi connectivity index (χ2v) is 10.8. The van der Waals surface area contributed by atoms with Crippen molar-refractivity contribution in [2.45, 2.75) is 155 Å². The van der Waals surface area contributed by atoms with E-state index in [2.05, 4.69) is 18.7 Å². The Morgan fingerprint density at radius 3 is 1.65 bits per heavy atom. The fourth-order valence-electron chi connectivity index (χ4n) is 4.43. The van der Waals surface area contributed by atoms with Gasteiger partial charge in [0.05, 0.1) is 13.2 Å². The molecule has 0 aliphatic heterocycles. The minimum Gasteiger partial charge on any atom is -0.466 e. The number of nitrogens with zero attached hydrogens (tertiary/aromatic N) is 1. The lowest BCUT2D eigenvalue weighted by Gasteiger charge is -2.18. The summed E-state index contributed by atoms with van der Waals surface area (Å²) in [6, 6.07) is 0. The van der Waals surface area contributed by atoms with Crippen LogP contribution in [0.1, 0.15) is 149 Å². The summed E-state index contributed by atoms with van der Waals surface area (Å²) < 4.78 is 16.3.